The molecule has 0 radical (unpaired) electrons. The standard InChI is InChI=1S/C42H39N3Si/c1-42(2)37-18-7-6-15-34(37)35-24-21-30(26-38(35)42)29-13-8-14-31(25-29)40-43-39(28-19-22-32(23-20-28)46(3,4)5)44-41(45-40)36-17-10-12-27-11-9-16-33(27)36/h6-8,10,12-15,17-26H,9,11,16H2,1-5H3. The van der Waals surface area contributed by atoms with Gasteiger partial charge in [-0.3, -0.25) is 0 Å². The van der Waals surface area contributed by atoms with E-state index in [0.717, 1.165) is 46.7 Å². The summed E-state index contributed by atoms with van der Waals surface area (Å²) in [7, 11) is -1.42. The van der Waals surface area contributed by atoms with Gasteiger partial charge < -0.3 is 0 Å². The Bertz CT molecular complexity index is 2140. The van der Waals surface area contributed by atoms with Gasteiger partial charge in [0.1, 0.15) is 0 Å². The molecule has 5 aromatic carbocycles. The third-order valence-corrected chi connectivity index (χ3v) is 12.1. The lowest BCUT2D eigenvalue weighted by Crippen LogP contribution is -2.37. The summed E-state index contributed by atoms with van der Waals surface area (Å²) in [5.74, 6) is 2.19. The van der Waals surface area contributed by atoms with Crippen molar-refractivity contribution in [2.24, 2.45) is 0 Å². The summed E-state index contributed by atoms with van der Waals surface area (Å²) in [6.07, 6.45) is 3.37. The number of aromatic nitrogens is 3. The smallest absolute Gasteiger partial charge is 0.164 e. The molecule has 2 aliphatic carbocycles. The topological polar surface area (TPSA) is 38.7 Å². The molecule has 4 heteroatoms. The van der Waals surface area contributed by atoms with E-state index in [1.165, 1.54) is 50.6 Å². The first-order chi connectivity index (χ1) is 22.2. The van der Waals surface area contributed by atoms with Gasteiger partial charge in [0.2, 0.25) is 0 Å². The van der Waals surface area contributed by atoms with Crippen molar-refractivity contribution < 1.29 is 0 Å². The normalized spacial score (nSPS) is 14.5. The van der Waals surface area contributed by atoms with Crippen molar-refractivity contribution in [3.63, 3.8) is 0 Å². The molecule has 0 saturated heterocycles. The Morgan fingerprint density at radius 2 is 1.15 bits per heavy atom. The number of fused-ring (bicyclic) bond motifs is 4. The zero-order chi connectivity index (χ0) is 31.6. The van der Waals surface area contributed by atoms with E-state index in [9.17, 15) is 0 Å². The minimum Gasteiger partial charge on any atom is -0.208 e. The molecule has 0 fully saturated rings. The first-order valence-electron chi connectivity index (χ1n) is 16.5. The molecular formula is C42H39N3Si. The van der Waals surface area contributed by atoms with E-state index in [-0.39, 0.29) is 5.41 Å². The minimum atomic E-state index is -1.42. The molecule has 0 saturated carbocycles. The number of benzene rings is 5. The van der Waals surface area contributed by atoms with Crippen molar-refractivity contribution in [2.75, 3.05) is 0 Å². The zero-order valence-electron chi connectivity index (χ0n) is 27.4. The molecule has 2 aliphatic rings. The molecule has 46 heavy (non-hydrogen) atoms. The Morgan fingerprint density at radius 1 is 0.522 bits per heavy atom. The summed E-state index contributed by atoms with van der Waals surface area (Å²) in [5, 5.41) is 1.43. The van der Waals surface area contributed by atoms with Gasteiger partial charge in [-0.15, -0.1) is 0 Å². The van der Waals surface area contributed by atoms with E-state index < -0.39 is 8.07 Å². The molecule has 0 unspecified atom stereocenters. The van der Waals surface area contributed by atoms with Crippen molar-refractivity contribution in [3.8, 4) is 56.4 Å². The van der Waals surface area contributed by atoms with Crippen molar-refractivity contribution in [1.29, 1.82) is 0 Å². The van der Waals surface area contributed by atoms with Crippen molar-refractivity contribution >= 4 is 13.3 Å². The van der Waals surface area contributed by atoms with Gasteiger partial charge in [0.25, 0.3) is 0 Å². The third-order valence-electron chi connectivity index (χ3n) is 10.1. The molecular weight excluding hydrogens is 575 g/mol. The fourth-order valence-corrected chi connectivity index (χ4v) is 8.59. The lowest BCUT2D eigenvalue weighted by atomic mass is 9.81. The van der Waals surface area contributed by atoms with Gasteiger partial charge in [-0.25, -0.2) is 15.0 Å². The summed E-state index contributed by atoms with van der Waals surface area (Å²) < 4.78 is 0. The summed E-state index contributed by atoms with van der Waals surface area (Å²) in [4.78, 5) is 15.4. The summed E-state index contributed by atoms with van der Waals surface area (Å²) in [6.45, 7) is 11.8. The number of rotatable bonds is 5. The summed E-state index contributed by atoms with van der Waals surface area (Å²) >= 11 is 0. The van der Waals surface area contributed by atoms with E-state index in [4.69, 9.17) is 15.0 Å². The highest BCUT2D eigenvalue weighted by molar-refractivity contribution is 6.88. The number of hydrogen-bond acceptors (Lipinski definition) is 3. The minimum absolute atomic E-state index is 0.0431. The summed E-state index contributed by atoms with van der Waals surface area (Å²) in [5.41, 5.74) is 13.7. The van der Waals surface area contributed by atoms with Crippen molar-refractivity contribution in [3.05, 3.63) is 131 Å². The maximum atomic E-state index is 5.16. The van der Waals surface area contributed by atoms with Crippen molar-refractivity contribution in [1.82, 2.24) is 15.0 Å². The number of aryl methyl sites for hydroxylation is 1. The van der Waals surface area contributed by atoms with Gasteiger partial charge in [-0.05, 0) is 75.9 Å². The summed E-state index contributed by atoms with van der Waals surface area (Å²) in [6, 6.07) is 39.9. The monoisotopic (exact) mass is 613 g/mol. The molecule has 1 aromatic heterocycles. The van der Waals surface area contributed by atoms with Gasteiger partial charge in [-0.2, -0.15) is 0 Å². The molecule has 8 rings (SSSR count). The highest BCUT2D eigenvalue weighted by Gasteiger charge is 2.35. The molecule has 1 heterocycles. The highest BCUT2D eigenvalue weighted by atomic mass is 28.3. The molecule has 226 valence electrons. The highest BCUT2D eigenvalue weighted by Crippen LogP contribution is 2.49. The lowest BCUT2D eigenvalue weighted by molar-refractivity contribution is 0.660. The van der Waals surface area contributed by atoms with Gasteiger partial charge in [0.15, 0.2) is 17.5 Å². The predicted octanol–water partition coefficient (Wildman–Crippen LogP) is 9.88. The third kappa shape index (κ3) is 4.83. The largest absolute Gasteiger partial charge is 0.208 e. The molecule has 0 atom stereocenters. The Labute approximate surface area is 273 Å². The van der Waals surface area contributed by atoms with Gasteiger partial charge in [0.05, 0.1) is 8.07 Å². The Hall–Kier alpha value is -4.67. The first kappa shape index (κ1) is 28.8. The molecule has 0 spiro atoms. The van der Waals surface area contributed by atoms with Crippen LogP contribution in [-0.4, -0.2) is 23.0 Å². The fraction of sp³-hybridized carbons (Fsp3) is 0.214. The van der Waals surface area contributed by atoms with E-state index >= 15 is 0 Å². The maximum Gasteiger partial charge on any atom is 0.164 e. The van der Waals surface area contributed by atoms with E-state index in [1.807, 2.05) is 0 Å². The predicted molar refractivity (Wildman–Crippen MR) is 194 cm³/mol. The Kier molecular flexibility index (Phi) is 6.70. The van der Waals surface area contributed by atoms with Crippen LogP contribution in [0.5, 0.6) is 0 Å². The van der Waals surface area contributed by atoms with Crippen LogP contribution >= 0.6 is 0 Å². The van der Waals surface area contributed by atoms with Crippen LogP contribution in [0.4, 0.5) is 0 Å². The molecule has 0 bridgehead atoms. The van der Waals surface area contributed by atoms with Crippen LogP contribution in [0.2, 0.25) is 19.6 Å². The molecule has 0 aliphatic heterocycles. The SMILES string of the molecule is CC1(C)c2ccccc2-c2ccc(-c3cccc(-c4nc(-c5ccc([Si](C)(C)C)cc5)nc(-c5cccc6c5CCC6)n4)c3)cc21. The maximum absolute atomic E-state index is 5.16. The number of nitrogens with zero attached hydrogens (tertiary/aromatic N) is 3. The van der Waals surface area contributed by atoms with Crippen molar-refractivity contribution in [2.45, 2.75) is 58.2 Å². The average molecular weight is 614 g/mol. The van der Waals surface area contributed by atoms with E-state index in [0.29, 0.717) is 5.82 Å². The van der Waals surface area contributed by atoms with Crippen LogP contribution in [0.3, 0.4) is 0 Å². The van der Waals surface area contributed by atoms with Crippen LogP contribution in [0, 0.1) is 0 Å². The second-order valence-electron chi connectivity index (χ2n) is 14.4. The van der Waals surface area contributed by atoms with Crippen LogP contribution in [0.25, 0.3) is 56.4 Å². The Balaban J connectivity index is 1.24. The zero-order valence-corrected chi connectivity index (χ0v) is 28.4. The second-order valence-corrected chi connectivity index (χ2v) is 19.5. The molecule has 0 amide bonds. The molecule has 3 nitrogen and oxygen atoms in total. The quantitative estimate of drug-likeness (QED) is 0.182. The van der Waals surface area contributed by atoms with Gasteiger partial charge in [0, 0.05) is 22.1 Å². The Morgan fingerprint density at radius 3 is 1.96 bits per heavy atom. The van der Waals surface area contributed by atoms with E-state index in [1.54, 1.807) is 0 Å². The average Bonchev–Trinajstić information content (AvgIpc) is 3.65. The fourth-order valence-electron chi connectivity index (χ4n) is 7.42. The van der Waals surface area contributed by atoms with Crippen LogP contribution in [-0.2, 0) is 18.3 Å². The lowest BCUT2D eigenvalue weighted by Gasteiger charge is -2.22. The molecule has 0 N–H and O–H groups in total. The van der Waals surface area contributed by atoms with Gasteiger partial charge in [-0.1, -0.05) is 136 Å². The van der Waals surface area contributed by atoms with Crippen LogP contribution in [0.1, 0.15) is 42.5 Å². The first-order valence-corrected chi connectivity index (χ1v) is 20.0. The molecule has 6 aromatic rings. The van der Waals surface area contributed by atoms with Gasteiger partial charge >= 0.3 is 0 Å². The van der Waals surface area contributed by atoms with Crippen LogP contribution < -0.4 is 5.19 Å². The van der Waals surface area contributed by atoms with E-state index in [2.05, 4.69) is 143 Å². The number of hydrogen-bond donors (Lipinski definition) is 0. The second kappa shape index (κ2) is 10.7. The van der Waals surface area contributed by atoms with Crippen LogP contribution in [0.15, 0.2) is 109 Å².